The highest BCUT2D eigenvalue weighted by Gasteiger charge is 2.33. The van der Waals surface area contributed by atoms with Crippen molar-refractivity contribution < 1.29 is 4.39 Å². The summed E-state index contributed by atoms with van der Waals surface area (Å²) in [5.41, 5.74) is 4.85. The Balaban J connectivity index is 1.75. The average molecular weight is 525 g/mol. The van der Waals surface area contributed by atoms with Gasteiger partial charge in [0.1, 0.15) is 11.9 Å². The number of pyridine rings is 1. The zero-order valence-electron chi connectivity index (χ0n) is 22.9. The van der Waals surface area contributed by atoms with E-state index in [-0.39, 0.29) is 11.4 Å². The van der Waals surface area contributed by atoms with Gasteiger partial charge in [-0.3, -0.25) is 9.69 Å². The molecule has 1 N–H and O–H groups in total. The molecule has 3 aromatic carbocycles. The minimum Gasteiger partial charge on any atom is -0.321 e. The highest BCUT2D eigenvalue weighted by molar-refractivity contribution is 5.83. The Morgan fingerprint density at radius 3 is 2.28 bits per heavy atom. The van der Waals surface area contributed by atoms with Crippen LogP contribution in [-0.2, 0) is 18.6 Å². The Labute approximate surface area is 227 Å². The summed E-state index contributed by atoms with van der Waals surface area (Å²) in [6, 6.07) is 22.0. The monoisotopic (exact) mass is 524 g/mol. The summed E-state index contributed by atoms with van der Waals surface area (Å²) >= 11 is 0. The van der Waals surface area contributed by atoms with E-state index in [1.54, 1.807) is 16.8 Å². The summed E-state index contributed by atoms with van der Waals surface area (Å²) in [5.74, 6) is 0.271. The molecule has 39 heavy (non-hydrogen) atoms. The van der Waals surface area contributed by atoms with E-state index in [1.165, 1.54) is 12.1 Å². The van der Waals surface area contributed by atoms with Crippen LogP contribution in [0.15, 0.2) is 77.6 Å². The van der Waals surface area contributed by atoms with Gasteiger partial charge in [0.2, 0.25) is 0 Å². The van der Waals surface area contributed by atoms with Crippen molar-refractivity contribution in [3.05, 3.63) is 123 Å². The van der Waals surface area contributed by atoms with Gasteiger partial charge in [-0.1, -0.05) is 54.1 Å². The summed E-state index contributed by atoms with van der Waals surface area (Å²) in [7, 11) is 0. The summed E-state index contributed by atoms with van der Waals surface area (Å²) in [6.07, 6.45) is 0. The molecule has 0 saturated carbocycles. The van der Waals surface area contributed by atoms with Crippen LogP contribution >= 0.6 is 0 Å². The number of benzene rings is 3. The van der Waals surface area contributed by atoms with E-state index in [2.05, 4.69) is 49.7 Å². The third-order valence-electron chi connectivity index (χ3n) is 6.88. The van der Waals surface area contributed by atoms with E-state index in [1.807, 2.05) is 58.9 Å². The highest BCUT2D eigenvalue weighted by atomic mass is 19.1. The molecule has 0 bridgehead atoms. The van der Waals surface area contributed by atoms with Gasteiger partial charge in [-0.05, 0) is 91.4 Å². The molecule has 0 spiro atoms. The number of aromatic nitrogens is 5. The first-order valence-corrected chi connectivity index (χ1v) is 13.1. The standard InChI is InChI=1S/C31H33FN6O/c1-20-15-21(2)27-24(16-20)17-26(30(39)33-27)28(29-34-35-36-38(29)31(3,4)5)37(18-22-9-7-6-8-10-22)19-23-11-13-25(32)14-12-23/h6-17,28H,18-19H2,1-5H3,(H,33,39)/t28-/m0/s1. The molecule has 8 heteroatoms. The fourth-order valence-electron chi connectivity index (χ4n) is 5.13. The summed E-state index contributed by atoms with van der Waals surface area (Å²) in [5, 5.41) is 13.8. The van der Waals surface area contributed by atoms with E-state index in [0.717, 1.165) is 33.2 Å². The molecule has 0 amide bonds. The second-order valence-corrected chi connectivity index (χ2v) is 11.1. The number of rotatable bonds is 7. The number of tetrazole rings is 1. The second kappa shape index (κ2) is 10.5. The van der Waals surface area contributed by atoms with E-state index >= 15 is 0 Å². The number of nitrogens with one attached hydrogen (secondary N) is 1. The smallest absolute Gasteiger partial charge is 0.253 e. The van der Waals surface area contributed by atoms with Crippen molar-refractivity contribution in [3.63, 3.8) is 0 Å². The zero-order valence-corrected chi connectivity index (χ0v) is 22.9. The molecule has 0 aliphatic heterocycles. The molecule has 2 aromatic heterocycles. The largest absolute Gasteiger partial charge is 0.321 e. The lowest BCUT2D eigenvalue weighted by Crippen LogP contribution is -2.37. The van der Waals surface area contributed by atoms with Crippen molar-refractivity contribution in [2.75, 3.05) is 0 Å². The minimum absolute atomic E-state index is 0.194. The number of fused-ring (bicyclic) bond motifs is 1. The van der Waals surface area contributed by atoms with Crippen LogP contribution < -0.4 is 5.56 Å². The fourth-order valence-corrected chi connectivity index (χ4v) is 5.13. The number of nitrogens with zero attached hydrogens (tertiary/aromatic N) is 5. The third-order valence-corrected chi connectivity index (χ3v) is 6.88. The van der Waals surface area contributed by atoms with E-state index in [4.69, 9.17) is 0 Å². The molecule has 200 valence electrons. The molecule has 0 unspecified atom stereocenters. The Hall–Kier alpha value is -4.17. The predicted molar refractivity (Wildman–Crippen MR) is 151 cm³/mol. The van der Waals surface area contributed by atoms with Gasteiger partial charge in [0.25, 0.3) is 5.56 Å². The van der Waals surface area contributed by atoms with Crippen molar-refractivity contribution in [2.24, 2.45) is 0 Å². The van der Waals surface area contributed by atoms with Crippen LogP contribution in [0.4, 0.5) is 4.39 Å². The van der Waals surface area contributed by atoms with Crippen LogP contribution in [0.3, 0.4) is 0 Å². The van der Waals surface area contributed by atoms with Gasteiger partial charge >= 0.3 is 0 Å². The van der Waals surface area contributed by atoms with Gasteiger partial charge in [0.05, 0.1) is 11.1 Å². The van der Waals surface area contributed by atoms with Crippen molar-refractivity contribution in [2.45, 2.75) is 59.3 Å². The van der Waals surface area contributed by atoms with Gasteiger partial charge in [0.15, 0.2) is 5.82 Å². The molecule has 7 nitrogen and oxygen atoms in total. The van der Waals surface area contributed by atoms with Gasteiger partial charge < -0.3 is 4.98 Å². The summed E-state index contributed by atoms with van der Waals surface area (Å²) in [4.78, 5) is 19.1. The van der Waals surface area contributed by atoms with Crippen LogP contribution in [-0.4, -0.2) is 30.1 Å². The van der Waals surface area contributed by atoms with Crippen LogP contribution in [0.25, 0.3) is 10.9 Å². The molecule has 1 atom stereocenters. The normalized spacial score (nSPS) is 12.8. The Morgan fingerprint density at radius 2 is 1.62 bits per heavy atom. The predicted octanol–water partition coefficient (Wildman–Crippen LogP) is 5.82. The van der Waals surface area contributed by atoms with Crippen LogP contribution in [0.1, 0.15) is 60.5 Å². The topological polar surface area (TPSA) is 79.7 Å². The van der Waals surface area contributed by atoms with Gasteiger partial charge in [-0.25, -0.2) is 9.07 Å². The SMILES string of the molecule is Cc1cc(C)c2[nH]c(=O)c([C@@H](c3nnnn3C(C)(C)C)N(Cc3ccccc3)Cc3ccc(F)cc3)cc2c1. The molecule has 5 aromatic rings. The van der Waals surface area contributed by atoms with Gasteiger partial charge in [0, 0.05) is 18.7 Å². The first-order chi connectivity index (χ1) is 18.6. The molecule has 5 rings (SSSR count). The minimum atomic E-state index is -0.585. The molecule has 0 saturated heterocycles. The van der Waals surface area contributed by atoms with Gasteiger partial charge in [-0.2, -0.15) is 0 Å². The zero-order chi connectivity index (χ0) is 27.7. The van der Waals surface area contributed by atoms with E-state index < -0.39 is 11.6 Å². The maximum atomic E-state index is 13.8. The summed E-state index contributed by atoms with van der Waals surface area (Å²) < 4.78 is 15.6. The second-order valence-electron chi connectivity index (χ2n) is 11.1. The first-order valence-electron chi connectivity index (χ1n) is 13.1. The average Bonchev–Trinajstić information content (AvgIpc) is 3.37. The number of aromatic amines is 1. The lowest BCUT2D eigenvalue weighted by molar-refractivity contribution is 0.184. The number of aryl methyl sites for hydroxylation is 2. The van der Waals surface area contributed by atoms with Crippen molar-refractivity contribution in [1.29, 1.82) is 0 Å². The summed E-state index contributed by atoms with van der Waals surface area (Å²) in [6.45, 7) is 11.1. The lowest BCUT2D eigenvalue weighted by Gasteiger charge is -2.33. The number of halogens is 1. The third kappa shape index (κ3) is 5.66. The number of hydrogen-bond donors (Lipinski definition) is 1. The Bertz CT molecular complexity index is 1650. The van der Waals surface area contributed by atoms with Crippen LogP contribution in [0, 0.1) is 19.7 Å². The van der Waals surface area contributed by atoms with Crippen molar-refractivity contribution in [1.82, 2.24) is 30.1 Å². The first kappa shape index (κ1) is 26.4. The molecule has 0 aliphatic carbocycles. The number of H-pyrrole nitrogens is 1. The molecular formula is C31H33FN6O. The number of hydrogen-bond acceptors (Lipinski definition) is 5. The van der Waals surface area contributed by atoms with Crippen LogP contribution in [0.2, 0.25) is 0 Å². The lowest BCUT2D eigenvalue weighted by atomic mass is 9.98. The quantitative estimate of drug-likeness (QED) is 0.290. The molecule has 0 radical (unpaired) electrons. The highest BCUT2D eigenvalue weighted by Crippen LogP contribution is 2.32. The Kier molecular flexibility index (Phi) is 7.14. The van der Waals surface area contributed by atoms with Crippen molar-refractivity contribution >= 4 is 10.9 Å². The van der Waals surface area contributed by atoms with Crippen LogP contribution in [0.5, 0.6) is 0 Å². The van der Waals surface area contributed by atoms with E-state index in [9.17, 15) is 9.18 Å². The van der Waals surface area contributed by atoms with E-state index in [0.29, 0.717) is 24.5 Å². The molecule has 2 heterocycles. The molecule has 0 aliphatic rings. The van der Waals surface area contributed by atoms with Gasteiger partial charge in [-0.15, -0.1) is 5.10 Å². The molecular weight excluding hydrogens is 491 g/mol. The molecule has 0 fully saturated rings. The Morgan fingerprint density at radius 1 is 0.949 bits per heavy atom. The van der Waals surface area contributed by atoms with Crippen molar-refractivity contribution in [3.8, 4) is 0 Å². The fraction of sp³-hybridized carbons (Fsp3) is 0.290. The maximum absolute atomic E-state index is 13.8. The maximum Gasteiger partial charge on any atom is 0.253 e.